The highest BCUT2D eigenvalue weighted by Crippen LogP contribution is 2.22. The van der Waals surface area contributed by atoms with Gasteiger partial charge in [-0.1, -0.05) is 12.1 Å². The second kappa shape index (κ2) is 5.15. The molecule has 17 heavy (non-hydrogen) atoms. The molecule has 0 unspecified atom stereocenters. The van der Waals surface area contributed by atoms with Crippen LogP contribution in [0.5, 0.6) is 0 Å². The molecule has 1 heterocycles. The fourth-order valence-electron chi connectivity index (χ4n) is 2.13. The first-order valence-electron chi connectivity index (χ1n) is 5.80. The van der Waals surface area contributed by atoms with Gasteiger partial charge in [0.2, 0.25) is 0 Å². The number of rotatable bonds is 5. The lowest BCUT2D eigenvalue weighted by Crippen LogP contribution is -2.00. The van der Waals surface area contributed by atoms with Gasteiger partial charge in [-0.25, -0.2) is 0 Å². The topological polar surface area (TPSA) is 31.2 Å². The van der Waals surface area contributed by atoms with Crippen molar-refractivity contribution >= 4 is 17.2 Å². The van der Waals surface area contributed by atoms with E-state index in [4.69, 9.17) is 4.74 Å². The average molecular weight is 231 g/mol. The first kappa shape index (κ1) is 11.9. The van der Waals surface area contributed by atoms with Crippen LogP contribution in [-0.2, 0) is 11.3 Å². The van der Waals surface area contributed by atoms with Gasteiger partial charge in [-0.05, 0) is 25.0 Å². The number of nitrogens with zero attached hydrogens (tertiary/aromatic N) is 1. The molecule has 0 fully saturated rings. The van der Waals surface area contributed by atoms with Gasteiger partial charge in [0, 0.05) is 42.9 Å². The highest BCUT2D eigenvalue weighted by Gasteiger charge is 2.05. The second-order valence-electron chi connectivity index (χ2n) is 4.25. The van der Waals surface area contributed by atoms with Gasteiger partial charge in [-0.15, -0.1) is 0 Å². The Labute approximate surface area is 101 Å². The SMILES string of the molecule is COCCCn1cc(C)c2ccc(C=O)cc21. The third kappa shape index (κ3) is 2.39. The molecule has 2 aromatic rings. The molecule has 1 aromatic heterocycles. The van der Waals surface area contributed by atoms with E-state index in [1.165, 1.54) is 10.9 Å². The third-order valence-corrected chi connectivity index (χ3v) is 2.99. The quantitative estimate of drug-likeness (QED) is 0.585. The Hall–Kier alpha value is -1.61. The minimum absolute atomic E-state index is 0.726. The monoisotopic (exact) mass is 231 g/mol. The van der Waals surface area contributed by atoms with Crippen LogP contribution in [0.3, 0.4) is 0 Å². The van der Waals surface area contributed by atoms with E-state index in [-0.39, 0.29) is 0 Å². The second-order valence-corrected chi connectivity index (χ2v) is 4.25. The van der Waals surface area contributed by atoms with Crippen molar-refractivity contribution in [1.29, 1.82) is 0 Å². The summed E-state index contributed by atoms with van der Waals surface area (Å²) in [5, 5.41) is 1.22. The standard InChI is InChI=1S/C14H17NO2/c1-11-9-15(6-3-7-17-2)14-8-12(10-16)4-5-13(11)14/h4-5,8-10H,3,6-7H2,1-2H3. The van der Waals surface area contributed by atoms with E-state index in [0.29, 0.717) is 0 Å². The van der Waals surface area contributed by atoms with E-state index in [1.54, 1.807) is 7.11 Å². The molecule has 3 heteroatoms. The molecule has 0 saturated heterocycles. The van der Waals surface area contributed by atoms with Crippen molar-refractivity contribution in [1.82, 2.24) is 4.57 Å². The maximum absolute atomic E-state index is 10.8. The summed E-state index contributed by atoms with van der Waals surface area (Å²) < 4.78 is 7.25. The fourth-order valence-corrected chi connectivity index (χ4v) is 2.13. The molecule has 0 aliphatic carbocycles. The molecule has 90 valence electrons. The number of aldehydes is 1. The Bertz CT molecular complexity index is 528. The zero-order valence-electron chi connectivity index (χ0n) is 10.3. The summed E-state index contributed by atoms with van der Waals surface area (Å²) in [6.07, 6.45) is 4.00. The Morgan fingerprint density at radius 3 is 2.94 bits per heavy atom. The van der Waals surface area contributed by atoms with Crippen molar-refractivity contribution in [2.45, 2.75) is 19.9 Å². The van der Waals surface area contributed by atoms with Crippen molar-refractivity contribution in [2.24, 2.45) is 0 Å². The van der Waals surface area contributed by atoms with Crippen LogP contribution in [-0.4, -0.2) is 24.6 Å². The van der Waals surface area contributed by atoms with Gasteiger partial charge < -0.3 is 9.30 Å². The number of carbonyl (C=O) groups excluding carboxylic acids is 1. The summed E-state index contributed by atoms with van der Waals surface area (Å²) in [7, 11) is 1.71. The van der Waals surface area contributed by atoms with Crippen molar-refractivity contribution < 1.29 is 9.53 Å². The van der Waals surface area contributed by atoms with E-state index >= 15 is 0 Å². The molecule has 0 radical (unpaired) electrons. The third-order valence-electron chi connectivity index (χ3n) is 2.99. The van der Waals surface area contributed by atoms with Crippen LogP contribution in [0.4, 0.5) is 0 Å². The van der Waals surface area contributed by atoms with Gasteiger partial charge >= 0.3 is 0 Å². The van der Waals surface area contributed by atoms with Crippen molar-refractivity contribution in [2.75, 3.05) is 13.7 Å². The fraction of sp³-hybridized carbons (Fsp3) is 0.357. The van der Waals surface area contributed by atoms with Crippen molar-refractivity contribution in [3.8, 4) is 0 Å². The molecule has 2 rings (SSSR count). The zero-order chi connectivity index (χ0) is 12.3. The summed E-state index contributed by atoms with van der Waals surface area (Å²) in [5.41, 5.74) is 3.10. The lowest BCUT2D eigenvalue weighted by Gasteiger charge is -2.05. The van der Waals surface area contributed by atoms with Gasteiger partial charge in [-0.3, -0.25) is 4.79 Å². The van der Waals surface area contributed by atoms with E-state index in [1.807, 2.05) is 18.2 Å². The van der Waals surface area contributed by atoms with E-state index in [2.05, 4.69) is 17.7 Å². The lowest BCUT2D eigenvalue weighted by atomic mass is 10.1. The molecular weight excluding hydrogens is 214 g/mol. The van der Waals surface area contributed by atoms with Gasteiger partial charge in [-0.2, -0.15) is 0 Å². The average Bonchev–Trinajstić information content (AvgIpc) is 2.66. The normalized spacial score (nSPS) is 10.9. The Morgan fingerprint density at radius 2 is 2.24 bits per heavy atom. The largest absolute Gasteiger partial charge is 0.385 e. The van der Waals surface area contributed by atoms with Crippen LogP contribution in [0.15, 0.2) is 24.4 Å². The highest BCUT2D eigenvalue weighted by atomic mass is 16.5. The number of hydrogen-bond donors (Lipinski definition) is 0. The Morgan fingerprint density at radius 1 is 1.41 bits per heavy atom. The molecule has 0 amide bonds. The number of hydrogen-bond acceptors (Lipinski definition) is 2. The number of methoxy groups -OCH3 is 1. The van der Waals surface area contributed by atoms with Crippen LogP contribution >= 0.6 is 0 Å². The molecule has 0 saturated carbocycles. The molecule has 0 aliphatic heterocycles. The maximum Gasteiger partial charge on any atom is 0.150 e. The maximum atomic E-state index is 10.8. The summed E-state index contributed by atoms with van der Waals surface area (Å²) in [6.45, 7) is 3.77. The number of ether oxygens (including phenoxy) is 1. The zero-order valence-corrected chi connectivity index (χ0v) is 10.3. The molecule has 0 aliphatic rings. The molecule has 0 N–H and O–H groups in total. The van der Waals surface area contributed by atoms with Crippen LogP contribution < -0.4 is 0 Å². The first-order chi connectivity index (χ1) is 8.26. The summed E-state index contributed by atoms with van der Waals surface area (Å²) in [4.78, 5) is 10.8. The molecule has 0 bridgehead atoms. The number of benzene rings is 1. The van der Waals surface area contributed by atoms with E-state index < -0.39 is 0 Å². The van der Waals surface area contributed by atoms with Crippen molar-refractivity contribution in [3.05, 3.63) is 35.5 Å². The first-order valence-corrected chi connectivity index (χ1v) is 5.80. The van der Waals surface area contributed by atoms with Gasteiger partial charge in [0.05, 0.1) is 0 Å². The minimum atomic E-state index is 0.726. The predicted octanol–water partition coefficient (Wildman–Crippen LogP) is 2.80. The van der Waals surface area contributed by atoms with Gasteiger partial charge in [0.25, 0.3) is 0 Å². The Balaban J connectivity index is 2.37. The minimum Gasteiger partial charge on any atom is -0.385 e. The van der Waals surface area contributed by atoms with Crippen LogP contribution in [0.2, 0.25) is 0 Å². The van der Waals surface area contributed by atoms with E-state index in [0.717, 1.165) is 36.9 Å². The molecular formula is C14H17NO2. The van der Waals surface area contributed by atoms with Crippen LogP contribution in [0, 0.1) is 6.92 Å². The summed E-state index contributed by atoms with van der Waals surface area (Å²) in [6, 6.07) is 5.82. The predicted molar refractivity (Wildman–Crippen MR) is 68.6 cm³/mol. The molecule has 3 nitrogen and oxygen atoms in total. The number of aromatic nitrogens is 1. The van der Waals surface area contributed by atoms with Gasteiger partial charge in [0.15, 0.2) is 0 Å². The van der Waals surface area contributed by atoms with Crippen molar-refractivity contribution in [3.63, 3.8) is 0 Å². The summed E-state index contributed by atoms with van der Waals surface area (Å²) in [5.74, 6) is 0. The lowest BCUT2D eigenvalue weighted by molar-refractivity contribution is 0.112. The summed E-state index contributed by atoms with van der Waals surface area (Å²) >= 11 is 0. The molecule has 0 spiro atoms. The van der Waals surface area contributed by atoms with Crippen LogP contribution in [0.25, 0.3) is 10.9 Å². The molecule has 0 atom stereocenters. The smallest absolute Gasteiger partial charge is 0.150 e. The van der Waals surface area contributed by atoms with E-state index in [9.17, 15) is 4.79 Å². The van der Waals surface area contributed by atoms with Gasteiger partial charge in [0.1, 0.15) is 6.29 Å². The molecule has 1 aromatic carbocycles. The highest BCUT2D eigenvalue weighted by molar-refractivity contribution is 5.89. The van der Waals surface area contributed by atoms with Crippen LogP contribution in [0.1, 0.15) is 22.3 Å². The Kier molecular flexibility index (Phi) is 3.59. The number of aryl methyl sites for hydroxylation is 2. The number of fused-ring (bicyclic) bond motifs is 1. The number of carbonyl (C=O) groups is 1.